The number of imidazole rings is 1. The summed E-state index contributed by atoms with van der Waals surface area (Å²) in [5.41, 5.74) is 10.6. The van der Waals surface area contributed by atoms with Gasteiger partial charge in [-0.3, -0.25) is 14.4 Å². The number of benzene rings is 1. The molecule has 1 aromatic carbocycles. The van der Waals surface area contributed by atoms with Crippen molar-refractivity contribution in [2.75, 3.05) is 24.6 Å². The van der Waals surface area contributed by atoms with E-state index in [9.17, 15) is 4.79 Å². The number of nitrogens with two attached hydrogens (primary N) is 1. The van der Waals surface area contributed by atoms with Gasteiger partial charge >= 0.3 is 0 Å². The Bertz CT molecular complexity index is 1440. The highest BCUT2D eigenvalue weighted by Gasteiger charge is 2.34. The van der Waals surface area contributed by atoms with E-state index in [0.717, 1.165) is 62.6 Å². The Morgan fingerprint density at radius 3 is 2.94 bits per heavy atom. The highest BCUT2D eigenvalue weighted by atomic mass is 16.5. The van der Waals surface area contributed by atoms with Crippen molar-refractivity contribution in [3.05, 3.63) is 58.0 Å². The zero-order chi connectivity index (χ0) is 24.6. The Kier molecular flexibility index (Phi) is 6.12. The fourth-order valence-corrected chi connectivity index (χ4v) is 5.79. The molecule has 0 bridgehead atoms. The van der Waals surface area contributed by atoms with Gasteiger partial charge in [0.1, 0.15) is 11.6 Å². The van der Waals surface area contributed by atoms with E-state index in [-0.39, 0.29) is 23.7 Å². The summed E-state index contributed by atoms with van der Waals surface area (Å²) in [7, 11) is 0. The summed E-state index contributed by atoms with van der Waals surface area (Å²) in [4.78, 5) is 26.0. The number of hydrogen-bond acceptors (Lipinski definition) is 6. The minimum Gasteiger partial charge on any atom is -0.371 e. The van der Waals surface area contributed by atoms with Crippen LogP contribution in [0, 0.1) is 11.8 Å². The van der Waals surface area contributed by atoms with Gasteiger partial charge in [0.2, 0.25) is 5.95 Å². The number of ether oxygens (including phenoxy) is 1. The summed E-state index contributed by atoms with van der Waals surface area (Å²) in [6.07, 6.45) is 5.87. The summed E-state index contributed by atoms with van der Waals surface area (Å²) in [6, 6.07) is 10.4. The molecule has 3 aromatic rings. The maximum Gasteiger partial charge on any atom is 0.277 e. The molecule has 0 radical (unpaired) electrons. The number of pyridine rings is 1. The van der Waals surface area contributed by atoms with Crippen LogP contribution in [0.25, 0.3) is 11.0 Å². The Morgan fingerprint density at radius 2 is 2.08 bits per heavy atom. The monoisotopic (exact) mass is 484 g/mol. The molecule has 6 rings (SSSR count). The van der Waals surface area contributed by atoms with Crippen molar-refractivity contribution in [3.8, 4) is 11.8 Å². The van der Waals surface area contributed by atoms with Crippen LogP contribution in [0.2, 0.25) is 0 Å². The van der Waals surface area contributed by atoms with E-state index in [4.69, 9.17) is 20.4 Å². The van der Waals surface area contributed by atoms with Crippen LogP contribution in [0.15, 0.2) is 46.3 Å². The van der Waals surface area contributed by atoms with E-state index in [2.05, 4.69) is 34.9 Å². The van der Waals surface area contributed by atoms with Crippen molar-refractivity contribution in [1.29, 1.82) is 0 Å². The van der Waals surface area contributed by atoms with Crippen molar-refractivity contribution in [1.82, 2.24) is 14.1 Å². The standard InChI is InChI=1S/C28H32N6O2/c1-2-3-14-34-25-22(31-28(34)33-13-6-8-19(29)17-33)12-15-32(27(25)35)18-24-20-9-4-5-10-21(20)26-23(30-24)11-7-16-36-26/h4-5,9-10,12,15,19,23,26H,6-8,11,13-14,16-18,29H2,1H3. The number of rotatable bonds is 4. The average Bonchev–Trinajstić information content (AvgIpc) is 3.28. The number of aromatic nitrogens is 3. The molecule has 5 heterocycles. The second-order valence-corrected chi connectivity index (χ2v) is 9.92. The average molecular weight is 485 g/mol. The largest absolute Gasteiger partial charge is 0.371 e. The zero-order valence-corrected chi connectivity index (χ0v) is 20.7. The summed E-state index contributed by atoms with van der Waals surface area (Å²) < 4.78 is 9.81. The lowest BCUT2D eigenvalue weighted by Gasteiger charge is -2.35. The van der Waals surface area contributed by atoms with Gasteiger partial charge in [0.15, 0.2) is 0 Å². The van der Waals surface area contributed by atoms with Crippen molar-refractivity contribution in [2.45, 2.75) is 63.9 Å². The molecular weight excluding hydrogens is 452 g/mol. The molecule has 0 saturated carbocycles. The Labute approximate surface area is 210 Å². The zero-order valence-electron chi connectivity index (χ0n) is 20.7. The fraction of sp³-hybridized carbons (Fsp3) is 0.464. The van der Waals surface area contributed by atoms with Crippen LogP contribution in [-0.2, 0) is 17.8 Å². The van der Waals surface area contributed by atoms with E-state index in [1.54, 1.807) is 4.57 Å². The van der Waals surface area contributed by atoms with E-state index < -0.39 is 0 Å². The van der Waals surface area contributed by atoms with Gasteiger partial charge in [-0.1, -0.05) is 30.2 Å². The third-order valence-corrected chi connectivity index (χ3v) is 7.52. The molecule has 3 aliphatic heterocycles. The molecular formula is C28H32N6O2. The second kappa shape index (κ2) is 9.57. The van der Waals surface area contributed by atoms with Gasteiger partial charge in [0.05, 0.1) is 30.4 Å². The van der Waals surface area contributed by atoms with Gasteiger partial charge < -0.3 is 19.9 Å². The van der Waals surface area contributed by atoms with E-state index in [1.807, 2.05) is 29.8 Å². The first-order valence-electron chi connectivity index (χ1n) is 12.9. The van der Waals surface area contributed by atoms with Crippen molar-refractivity contribution in [2.24, 2.45) is 10.7 Å². The summed E-state index contributed by atoms with van der Waals surface area (Å²) in [5, 5.41) is 0. The molecule has 2 aromatic heterocycles. The number of hydrogen-bond donors (Lipinski definition) is 1. The highest BCUT2D eigenvalue weighted by Crippen LogP contribution is 2.37. The number of nitrogens with zero attached hydrogens (tertiary/aromatic N) is 5. The normalized spacial score (nSPS) is 23.4. The first-order valence-corrected chi connectivity index (χ1v) is 12.9. The molecule has 8 heteroatoms. The second-order valence-electron chi connectivity index (χ2n) is 9.92. The lowest BCUT2D eigenvalue weighted by atomic mass is 9.88. The molecule has 36 heavy (non-hydrogen) atoms. The Hall–Kier alpha value is -3.41. The van der Waals surface area contributed by atoms with Gasteiger partial charge in [0.25, 0.3) is 5.56 Å². The first-order chi connectivity index (χ1) is 17.6. The molecule has 2 fully saturated rings. The number of aliphatic imine (C=N–C) groups is 1. The van der Waals surface area contributed by atoms with Crippen molar-refractivity contribution >= 4 is 22.7 Å². The quantitative estimate of drug-likeness (QED) is 0.575. The van der Waals surface area contributed by atoms with Crippen LogP contribution in [0.4, 0.5) is 5.95 Å². The maximum atomic E-state index is 13.9. The van der Waals surface area contributed by atoms with Gasteiger partial charge in [-0.15, -0.1) is 5.92 Å². The first kappa shape index (κ1) is 23.0. The minimum atomic E-state index is -0.0762. The highest BCUT2D eigenvalue weighted by molar-refractivity contribution is 6.03. The van der Waals surface area contributed by atoms with Crippen LogP contribution in [0.1, 0.15) is 49.8 Å². The van der Waals surface area contributed by atoms with Crippen LogP contribution < -0.4 is 16.2 Å². The van der Waals surface area contributed by atoms with E-state index in [1.165, 1.54) is 5.56 Å². The maximum absolute atomic E-state index is 13.9. The molecule has 2 saturated heterocycles. The van der Waals surface area contributed by atoms with Crippen molar-refractivity contribution < 1.29 is 4.74 Å². The molecule has 0 spiro atoms. The predicted molar refractivity (Wildman–Crippen MR) is 142 cm³/mol. The Morgan fingerprint density at radius 1 is 1.19 bits per heavy atom. The topological polar surface area (TPSA) is 90.7 Å². The predicted octanol–water partition coefficient (Wildman–Crippen LogP) is 2.87. The van der Waals surface area contributed by atoms with Gasteiger partial charge in [-0.05, 0) is 44.2 Å². The molecule has 3 aliphatic rings. The molecule has 0 aliphatic carbocycles. The number of fused-ring (bicyclic) bond motifs is 4. The van der Waals surface area contributed by atoms with Crippen LogP contribution >= 0.6 is 0 Å². The SMILES string of the molecule is CC#CCn1c(N2CCCC(N)C2)nc2ccn(CC3=NC4CCCOC4c4ccccc43)c(=O)c21. The lowest BCUT2D eigenvalue weighted by molar-refractivity contribution is -0.000692. The summed E-state index contributed by atoms with van der Waals surface area (Å²) in [5.74, 6) is 6.88. The number of piperidine rings is 1. The smallest absolute Gasteiger partial charge is 0.277 e. The Balaban J connectivity index is 1.42. The minimum absolute atomic E-state index is 0.00502. The fourth-order valence-electron chi connectivity index (χ4n) is 5.79. The van der Waals surface area contributed by atoms with Crippen LogP contribution in [-0.4, -0.2) is 51.6 Å². The van der Waals surface area contributed by atoms with E-state index in [0.29, 0.717) is 24.1 Å². The van der Waals surface area contributed by atoms with Crippen LogP contribution in [0.3, 0.4) is 0 Å². The third kappa shape index (κ3) is 4.02. The van der Waals surface area contributed by atoms with E-state index >= 15 is 0 Å². The van der Waals surface area contributed by atoms with Gasteiger partial charge in [-0.25, -0.2) is 4.98 Å². The van der Waals surface area contributed by atoms with Crippen LogP contribution in [0.5, 0.6) is 0 Å². The third-order valence-electron chi connectivity index (χ3n) is 7.52. The molecule has 3 atom stereocenters. The molecule has 8 nitrogen and oxygen atoms in total. The molecule has 3 unspecified atom stereocenters. The van der Waals surface area contributed by atoms with Crippen molar-refractivity contribution in [3.63, 3.8) is 0 Å². The molecule has 2 N–H and O–H groups in total. The summed E-state index contributed by atoms with van der Waals surface area (Å²) in [6.45, 7) is 5.01. The summed E-state index contributed by atoms with van der Waals surface area (Å²) >= 11 is 0. The lowest BCUT2D eigenvalue weighted by Crippen LogP contribution is -2.44. The molecule has 186 valence electrons. The van der Waals surface area contributed by atoms with Gasteiger partial charge in [-0.2, -0.15) is 0 Å². The van der Waals surface area contributed by atoms with Gasteiger partial charge in [0, 0.05) is 37.5 Å². The molecule has 0 amide bonds. The number of anilines is 1.